The number of hydrogen-bond donors (Lipinski definition) is 0. The number of piperidine rings is 1. The van der Waals surface area contributed by atoms with Gasteiger partial charge in [-0.2, -0.15) is 0 Å². The van der Waals surface area contributed by atoms with Gasteiger partial charge >= 0.3 is 5.97 Å². The zero-order chi connectivity index (χ0) is 20.4. The second kappa shape index (κ2) is 8.16. The van der Waals surface area contributed by atoms with Crippen molar-refractivity contribution in [1.29, 1.82) is 0 Å². The highest BCUT2D eigenvalue weighted by Gasteiger charge is 2.55. The number of carbonyl (C=O) groups excluding carboxylic acids is 1. The van der Waals surface area contributed by atoms with Gasteiger partial charge in [-0.3, -0.25) is 9.69 Å². The number of ether oxygens (including phenoxy) is 1. The number of carbonyl (C=O) groups is 1. The summed E-state index contributed by atoms with van der Waals surface area (Å²) in [5.41, 5.74) is 4.00. The molecule has 0 spiro atoms. The summed E-state index contributed by atoms with van der Waals surface area (Å²) < 4.78 is 5.47. The minimum absolute atomic E-state index is 0.0448. The number of benzene rings is 2. The lowest BCUT2D eigenvalue weighted by atomic mass is 9.59. The minimum Gasteiger partial charge on any atom is -0.466 e. The predicted octanol–water partition coefficient (Wildman–Crippen LogP) is 5.02. The van der Waals surface area contributed by atoms with Crippen LogP contribution in [-0.4, -0.2) is 29.6 Å². The molecule has 2 heterocycles. The molecular weight excluding hydrogens is 358 g/mol. The quantitative estimate of drug-likeness (QED) is 0.513. The van der Waals surface area contributed by atoms with Crippen LogP contribution in [0.1, 0.15) is 38.3 Å². The van der Waals surface area contributed by atoms with Crippen LogP contribution in [0.4, 0.5) is 0 Å². The van der Waals surface area contributed by atoms with Gasteiger partial charge in [0, 0.05) is 24.0 Å². The second-order valence-corrected chi connectivity index (χ2v) is 8.68. The van der Waals surface area contributed by atoms with Crippen LogP contribution in [-0.2, 0) is 22.5 Å². The van der Waals surface area contributed by atoms with Crippen molar-refractivity contribution in [2.75, 3.05) is 6.61 Å². The summed E-state index contributed by atoms with van der Waals surface area (Å²) in [5, 5.41) is 0. The molecule has 2 aromatic rings. The second-order valence-electron chi connectivity index (χ2n) is 8.68. The predicted molar refractivity (Wildman–Crippen MR) is 116 cm³/mol. The first-order chi connectivity index (χ1) is 14.0. The number of fused-ring (bicyclic) bond motifs is 2. The van der Waals surface area contributed by atoms with Gasteiger partial charge in [0.05, 0.1) is 12.5 Å². The van der Waals surface area contributed by atoms with Crippen LogP contribution in [0.3, 0.4) is 0 Å². The first kappa shape index (κ1) is 19.9. The van der Waals surface area contributed by atoms with Gasteiger partial charge in [-0.25, -0.2) is 0 Å². The summed E-state index contributed by atoms with van der Waals surface area (Å²) in [6, 6.07) is 21.8. The van der Waals surface area contributed by atoms with Crippen molar-refractivity contribution in [2.45, 2.75) is 52.2 Å². The standard InChI is InChI=1S/C26H31NO2/c1-4-29-25(28)22-17-26(3)19(2)15-23(22)27(18-21-13-9-6-10-14-21)24(26)16-20-11-7-5-8-12-20/h5-15,22-24H,4,16-18H2,1-3H3. The van der Waals surface area contributed by atoms with E-state index < -0.39 is 0 Å². The fourth-order valence-electron chi connectivity index (χ4n) is 5.26. The zero-order valence-corrected chi connectivity index (χ0v) is 17.7. The lowest BCUT2D eigenvalue weighted by Gasteiger charge is -2.59. The van der Waals surface area contributed by atoms with Crippen molar-refractivity contribution in [3.63, 3.8) is 0 Å². The Morgan fingerprint density at radius 3 is 2.31 bits per heavy atom. The van der Waals surface area contributed by atoms with Gasteiger partial charge in [0.2, 0.25) is 0 Å². The lowest BCUT2D eigenvalue weighted by molar-refractivity contribution is -0.157. The smallest absolute Gasteiger partial charge is 0.310 e. The van der Waals surface area contributed by atoms with Crippen LogP contribution in [0.15, 0.2) is 72.3 Å². The Hall–Kier alpha value is -2.39. The maximum atomic E-state index is 12.8. The summed E-state index contributed by atoms with van der Waals surface area (Å²) >= 11 is 0. The van der Waals surface area contributed by atoms with Crippen LogP contribution in [0, 0.1) is 11.3 Å². The lowest BCUT2D eigenvalue weighted by Crippen LogP contribution is -2.64. The molecule has 1 aliphatic carbocycles. The van der Waals surface area contributed by atoms with E-state index in [2.05, 4.69) is 85.5 Å². The van der Waals surface area contributed by atoms with Gasteiger partial charge in [0.1, 0.15) is 0 Å². The summed E-state index contributed by atoms with van der Waals surface area (Å²) in [6.45, 7) is 7.76. The number of nitrogens with zero attached hydrogens (tertiary/aromatic N) is 1. The molecule has 0 radical (unpaired) electrons. The van der Waals surface area contributed by atoms with Crippen molar-refractivity contribution >= 4 is 5.97 Å². The maximum absolute atomic E-state index is 12.8. The molecule has 5 rings (SSSR count). The molecule has 3 heteroatoms. The van der Waals surface area contributed by atoms with Gasteiger partial charge in [0.15, 0.2) is 0 Å². The van der Waals surface area contributed by atoms with Gasteiger partial charge in [-0.1, -0.05) is 79.2 Å². The highest BCUT2D eigenvalue weighted by molar-refractivity contribution is 5.75. The molecule has 0 N–H and O–H groups in total. The minimum atomic E-state index is -0.0978. The van der Waals surface area contributed by atoms with E-state index in [-0.39, 0.29) is 23.3 Å². The Morgan fingerprint density at radius 2 is 1.69 bits per heavy atom. The Labute approximate surface area is 174 Å². The highest BCUT2D eigenvalue weighted by atomic mass is 16.5. The Bertz CT molecular complexity index is 876. The van der Waals surface area contributed by atoms with Crippen LogP contribution in [0.25, 0.3) is 0 Å². The normalized spacial score (nSPS) is 28.8. The summed E-state index contributed by atoms with van der Waals surface area (Å²) in [4.78, 5) is 15.4. The van der Waals surface area contributed by atoms with E-state index in [1.54, 1.807) is 0 Å². The first-order valence-corrected chi connectivity index (χ1v) is 10.7. The maximum Gasteiger partial charge on any atom is 0.310 e. The van der Waals surface area contributed by atoms with Gasteiger partial charge in [0.25, 0.3) is 0 Å². The molecule has 0 saturated carbocycles. The highest BCUT2D eigenvalue weighted by Crippen LogP contribution is 2.52. The van der Waals surface area contributed by atoms with E-state index in [9.17, 15) is 4.79 Å². The van der Waals surface area contributed by atoms with Crippen LogP contribution < -0.4 is 0 Å². The first-order valence-electron chi connectivity index (χ1n) is 10.7. The Kier molecular flexibility index (Phi) is 5.60. The fourth-order valence-corrected chi connectivity index (χ4v) is 5.26. The molecule has 2 aromatic carbocycles. The van der Waals surface area contributed by atoms with E-state index in [0.717, 1.165) is 19.4 Å². The molecule has 29 heavy (non-hydrogen) atoms. The molecular formula is C26H31NO2. The molecule has 2 aliphatic heterocycles. The van der Waals surface area contributed by atoms with Crippen molar-refractivity contribution < 1.29 is 9.53 Å². The average molecular weight is 390 g/mol. The van der Waals surface area contributed by atoms with Crippen molar-refractivity contribution in [3.8, 4) is 0 Å². The van der Waals surface area contributed by atoms with Gasteiger partial charge in [-0.05, 0) is 37.8 Å². The molecule has 3 nitrogen and oxygen atoms in total. The van der Waals surface area contributed by atoms with E-state index in [1.807, 2.05) is 6.92 Å². The fraction of sp³-hybridized carbons (Fsp3) is 0.423. The molecule has 1 saturated heterocycles. The van der Waals surface area contributed by atoms with E-state index >= 15 is 0 Å². The number of rotatable bonds is 6. The largest absolute Gasteiger partial charge is 0.466 e. The summed E-state index contributed by atoms with van der Waals surface area (Å²) in [6.07, 6.45) is 4.18. The molecule has 4 unspecified atom stereocenters. The van der Waals surface area contributed by atoms with Crippen molar-refractivity contribution in [3.05, 3.63) is 83.4 Å². The van der Waals surface area contributed by atoms with Crippen LogP contribution in [0.5, 0.6) is 0 Å². The third-order valence-electron chi connectivity index (χ3n) is 6.97. The van der Waals surface area contributed by atoms with Crippen molar-refractivity contribution in [2.24, 2.45) is 11.3 Å². The zero-order valence-electron chi connectivity index (χ0n) is 17.7. The van der Waals surface area contributed by atoms with Crippen molar-refractivity contribution in [1.82, 2.24) is 4.90 Å². The molecule has 3 aliphatic rings. The molecule has 4 atom stereocenters. The Balaban J connectivity index is 1.72. The summed E-state index contributed by atoms with van der Waals surface area (Å²) in [5.74, 6) is -0.150. The van der Waals surface area contributed by atoms with E-state index in [4.69, 9.17) is 4.74 Å². The van der Waals surface area contributed by atoms with Gasteiger partial charge < -0.3 is 4.74 Å². The third-order valence-corrected chi connectivity index (χ3v) is 6.97. The topological polar surface area (TPSA) is 29.5 Å². The molecule has 1 fully saturated rings. The number of hydrogen-bond acceptors (Lipinski definition) is 3. The van der Waals surface area contributed by atoms with E-state index in [0.29, 0.717) is 12.6 Å². The monoisotopic (exact) mass is 389 g/mol. The van der Waals surface area contributed by atoms with Crippen LogP contribution >= 0.6 is 0 Å². The summed E-state index contributed by atoms with van der Waals surface area (Å²) in [7, 11) is 0. The average Bonchev–Trinajstić information content (AvgIpc) is 2.73. The SMILES string of the molecule is CCOC(=O)C1CC2(C)C(C)=CC1N(Cc1ccccc1)C2Cc1ccccc1. The van der Waals surface area contributed by atoms with Gasteiger partial charge in [-0.15, -0.1) is 0 Å². The Morgan fingerprint density at radius 1 is 1.07 bits per heavy atom. The van der Waals surface area contributed by atoms with E-state index in [1.165, 1.54) is 16.7 Å². The number of esters is 1. The molecule has 0 aromatic heterocycles. The third kappa shape index (κ3) is 3.76. The molecule has 152 valence electrons. The van der Waals surface area contributed by atoms with Crippen LogP contribution in [0.2, 0.25) is 0 Å². The molecule has 0 amide bonds. The molecule has 2 bridgehead atoms.